The van der Waals surface area contributed by atoms with Gasteiger partial charge in [-0.2, -0.15) is 13.2 Å². The molecule has 6 nitrogen and oxygen atoms in total. The number of anilines is 1. The smallest absolute Gasteiger partial charge is 0.416 e. The van der Waals surface area contributed by atoms with E-state index in [-0.39, 0.29) is 12.5 Å². The van der Waals surface area contributed by atoms with Gasteiger partial charge in [0.05, 0.1) is 10.9 Å². The van der Waals surface area contributed by atoms with E-state index in [1.165, 1.54) is 11.0 Å². The van der Waals surface area contributed by atoms with Crippen molar-refractivity contribution in [2.45, 2.75) is 32.9 Å². The highest BCUT2D eigenvalue weighted by Crippen LogP contribution is 2.35. The SMILES string of the molecule is Cc1cc(C)c2c(OCC(=O)N3CCCc4cc(C(F)(F)F)ccc43)nn(C)c2n1. The van der Waals surface area contributed by atoms with Gasteiger partial charge in [-0.3, -0.25) is 4.79 Å². The average Bonchev–Trinajstić information content (AvgIpc) is 3.00. The molecule has 0 N–H and O–H groups in total. The van der Waals surface area contributed by atoms with Crippen LogP contribution in [0.3, 0.4) is 0 Å². The molecular weight excluding hydrogens is 397 g/mol. The van der Waals surface area contributed by atoms with Crippen molar-refractivity contribution in [1.29, 1.82) is 0 Å². The highest BCUT2D eigenvalue weighted by Gasteiger charge is 2.32. The maximum absolute atomic E-state index is 13.0. The number of rotatable bonds is 3. The summed E-state index contributed by atoms with van der Waals surface area (Å²) in [5, 5.41) is 5.07. The second kappa shape index (κ2) is 7.30. The summed E-state index contributed by atoms with van der Waals surface area (Å²) in [4.78, 5) is 18.8. The largest absolute Gasteiger partial charge is 0.466 e. The first kappa shape index (κ1) is 20.2. The van der Waals surface area contributed by atoms with Crippen LogP contribution in [-0.2, 0) is 24.4 Å². The first-order valence-electron chi connectivity index (χ1n) is 9.59. The van der Waals surface area contributed by atoms with Gasteiger partial charge in [0, 0.05) is 25.0 Å². The third-order valence-electron chi connectivity index (χ3n) is 5.25. The van der Waals surface area contributed by atoms with E-state index in [0.717, 1.165) is 28.8 Å². The van der Waals surface area contributed by atoms with E-state index in [0.29, 0.717) is 42.2 Å². The Labute approximate surface area is 171 Å². The molecule has 158 valence electrons. The molecule has 0 unspecified atom stereocenters. The number of hydrogen-bond acceptors (Lipinski definition) is 4. The van der Waals surface area contributed by atoms with Crippen molar-refractivity contribution in [2.24, 2.45) is 7.05 Å². The number of hydrogen-bond donors (Lipinski definition) is 0. The molecule has 3 aromatic rings. The zero-order valence-corrected chi connectivity index (χ0v) is 16.9. The molecule has 0 saturated carbocycles. The van der Waals surface area contributed by atoms with Crippen molar-refractivity contribution < 1.29 is 22.7 Å². The first-order chi connectivity index (χ1) is 14.1. The van der Waals surface area contributed by atoms with E-state index in [4.69, 9.17) is 4.74 Å². The van der Waals surface area contributed by atoms with Gasteiger partial charge in [0.15, 0.2) is 12.3 Å². The minimum Gasteiger partial charge on any atom is -0.466 e. The Kier molecular flexibility index (Phi) is 4.91. The second-order valence-electron chi connectivity index (χ2n) is 7.49. The first-order valence-corrected chi connectivity index (χ1v) is 9.59. The minimum absolute atomic E-state index is 0.264. The Morgan fingerprint density at radius 1 is 1.23 bits per heavy atom. The molecule has 9 heteroatoms. The molecule has 1 aliphatic rings. The van der Waals surface area contributed by atoms with E-state index in [2.05, 4.69) is 10.1 Å². The Hall–Kier alpha value is -3.10. The van der Waals surface area contributed by atoms with Crippen molar-refractivity contribution in [2.75, 3.05) is 18.1 Å². The fourth-order valence-corrected chi connectivity index (χ4v) is 3.89. The molecule has 0 atom stereocenters. The number of halogens is 3. The molecule has 0 radical (unpaired) electrons. The van der Waals surface area contributed by atoms with Crippen LogP contribution in [0.2, 0.25) is 0 Å². The predicted molar refractivity (Wildman–Crippen MR) is 106 cm³/mol. The normalized spacial score (nSPS) is 14.1. The minimum atomic E-state index is -4.41. The molecule has 0 spiro atoms. The summed E-state index contributed by atoms with van der Waals surface area (Å²) in [5.74, 6) is -0.0114. The van der Waals surface area contributed by atoms with E-state index in [9.17, 15) is 18.0 Å². The van der Waals surface area contributed by atoms with Crippen LogP contribution in [0, 0.1) is 13.8 Å². The number of alkyl halides is 3. The second-order valence-corrected chi connectivity index (χ2v) is 7.49. The summed E-state index contributed by atoms with van der Waals surface area (Å²) in [5.41, 5.74) is 2.78. The van der Waals surface area contributed by atoms with Gasteiger partial charge in [-0.1, -0.05) is 0 Å². The van der Waals surface area contributed by atoms with Crippen LogP contribution in [0.15, 0.2) is 24.3 Å². The lowest BCUT2D eigenvalue weighted by atomic mass is 9.99. The Morgan fingerprint density at radius 2 is 2.00 bits per heavy atom. The number of pyridine rings is 1. The molecule has 1 amide bonds. The number of benzene rings is 1. The van der Waals surface area contributed by atoms with Crippen LogP contribution in [0.1, 0.15) is 28.8 Å². The zero-order chi connectivity index (χ0) is 21.6. The highest BCUT2D eigenvalue weighted by atomic mass is 19.4. The number of carbonyl (C=O) groups excluding carboxylic acids is 1. The molecule has 30 heavy (non-hydrogen) atoms. The lowest BCUT2D eigenvalue weighted by molar-refractivity contribution is -0.137. The standard InChI is InChI=1S/C21H21F3N4O2/c1-12-9-13(2)25-19-18(12)20(26-27(19)3)30-11-17(29)28-8-4-5-14-10-15(21(22,23)24)6-7-16(14)28/h6-7,9-10H,4-5,8,11H2,1-3H3. The number of carbonyl (C=O) groups is 1. The number of fused-ring (bicyclic) bond motifs is 2. The number of amides is 1. The maximum atomic E-state index is 13.0. The van der Waals surface area contributed by atoms with Gasteiger partial charge in [0.2, 0.25) is 5.88 Å². The van der Waals surface area contributed by atoms with Crippen LogP contribution >= 0.6 is 0 Å². The van der Waals surface area contributed by atoms with Gasteiger partial charge in [0.1, 0.15) is 0 Å². The van der Waals surface area contributed by atoms with E-state index in [1.807, 2.05) is 19.9 Å². The summed E-state index contributed by atoms with van der Waals surface area (Å²) in [7, 11) is 1.75. The number of ether oxygens (including phenoxy) is 1. The lowest BCUT2D eigenvalue weighted by Gasteiger charge is -2.30. The fraction of sp³-hybridized carbons (Fsp3) is 0.381. The van der Waals surface area contributed by atoms with Gasteiger partial charge >= 0.3 is 6.18 Å². The average molecular weight is 418 g/mol. The van der Waals surface area contributed by atoms with Crippen molar-refractivity contribution in [3.63, 3.8) is 0 Å². The predicted octanol–water partition coefficient (Wildman–Crippen LogP) is 3.96. The molecule has 0 bridgehead atoms. The van der Waals surface area contributed by atoms with Gasteiger partial charge in [-0.05, 0) is 62.1 Å². The van der Waals surface area contributed by atoms with Gasteiger partial charge in [0.25, 0.3) is 5.91 Å². The molecule has 2 aromatic heterocycles. The van der Waals surface area contributed by atoms with Gasteiger partial charge in [-0.25, -0.2) is 9.67 Å². The third-order valence-corrected chi connectivity index (χ3v) is 5.25. The Bertz CT molecular complexity index is 1140. The van der Waals surface area contributed by atoms with Gasteiger partial charge < -0.3 is 9.64 Å². The molecule has 1 aromatic carbocycles. The van der Waals surface area contributed by atoms with Crippen molar-refractivity contribution in [3.05, 3.63) is 46.6 Å². The van der Waals surface area contributed by atoms with Crippen LogP contribution in [0.4, 0.5) is 18.9 Å². The summed E-state index contributed by atoms with van der Waals surface area (Å²) in [6.45, 7) is 3.98. The Balaban J connectivity index is 1.56. The summed E-state index contributed by atoms with van der Waals surface area (Å²) >= 11 is 0. The van der Waals surface area contributed by atoms with Crippen molar-refractivity contribution >= 4 is 22.6 Å². The van der Waals surface area contributed by atoms with E-state index < -0.39 is 11.7 Å². The van der Waals surface area contributed by atoms with Crippen molar-refractivity contribution in [1.82, 2.24) is 14.8 Å². The molecule has 4 rings (SSSR count). The molecule has 0 saturated heterocycles. The summed E-state index contributed by atoms with van der Waals surface area (Å²) in [6, 6.07) is 5.41. The monoisotopic (exact) mass is 418 g/mol. The molecular formula is C21H21F3N4O2. The Morgan fingerprint density at radius 3 is 2.73 bits per heavy atom. The quantitative estimate of drug-likeness (QED) is 0.646. The summed E-state index contributed by atoms with van der Waals surface area (Å²) < 4.78 is 46.3. The number of nitrogens with zero attached hydrogens (tertiary/aromatic N) is 4. The number of aryl methyl sites for hydroxylation is 4. The molecule has 0 fully saturated rings. The van der Waals surface area contributed by atoms with Crippen molar-refractivity contribution in [3.8, 4) is 5.88 Å². The van der Waals surface area contributed by atoms with Crippen LogP contribution in [0.5, 0.6) is 5.88 Å². The van der Waals surface area contributed by atoms with E-state index in [1.54, 1.807) is 11.7 Å². The third kappa shape index (κ3) is 3.59. The molecule has 1 aliphatic heterocycles. The molecule has 0 aliphatic carbocycles. The van der Waals surface area contributed by atoms with Crippen LogP contribution in [0.25, 0.3) is 11.0 Å². The van der Waals surface area contributed by atoms with Crippen LogP contribution in [-0.4, -0.2) is 33.8 Å². The van der Waals surface area contributed by atoms with Gasteiger partial charge in [-0.15, -0.1) is 5.10 Å². The van der Waals surface area contributed by atoms with Crippen LogP contribution < -0.4 is 9.64 Å². The number of aromatic nitrogens is 3. The fourth-order valence-electron chi connectivity index (χ4n) is 3.89. The summed E-state index contributed by atoms with van der Waals surface area (Å²) in [6.07, 6.45) is -3.32. The highest BCUT2D eigenvalue weighted by molar-refractivity contribution is 5.96. The topological polar surface area (TPSA) is 60.2 Å². The van der Waals surface area contributed by atoms with E-state index >= 15 is 0 Å². The lowest BCUT2D eigenvalue weighted by Crippen LogP contribution is -2.38. The zero-order valence-electron chi connectivity index (χ0n) is 16.9. The maximum Gasteiger partial charge on any atom is 0.416 e. The molecule has 3 heterocycles.